The van der Waals surface area contributed by atoms with Crippen LogP contribution < -0.4 is 5.32 Å². The Kier molecular flexibility index (Phi) is 1.85. The molecule has 0 unspecified atom stereocenters. The molecular weight excluding hydrogens is 190 g/mol. The lowest BCUT2D eigenvalue weighted by molar-refractivity contribution is 0.476. The van der Waals surface area contributed by atoms with Crippen molar-refractivity contribution >= 4 is 0 Å². The third kappa shape index (κ3) is 1.35. The number of rotatable bonds is 1. The second-order valence-corrected chi connectivity index (χ2v) is 3.81. The van der Waals surface area contributed by atoms with Gasteiger partial charge in [0.25, 0.3) is 0 Å². The fourth-order valence-corrected chi connectivity index (χ4v) is 1.98. The molecular formula is C10H13N5. The summed E-state index contributed by atoms with van der Waals surface area (Å²) in [7, 11) is 1.93. The number of hydrogen-bond acceptors (Lipinski definition) is 3. The summed E-state index contributed by atoms with van der Waals surface area (Å²) in [6.07, 6.45) is 5.83. The Bertz CT molecular complexity index is 482. The highest BCUT2D eigenvalue weighted by molar-refractivity contribution is 5.63. The Hall–Kier alpha value is -1.62. The van der Waals surface area contributed by atoms with Crippen LogP contribution in [0, 0.1) is 0 Å². The van der Waals surface area contributed by atoms with Crippen LogP contribution in [0.3, 0.4) is 0 Å². The zero-order valence-corrected chi connectivity index (χ0v) is 8.64. The summed E-state index contributed by atoms with van der Waals surface area (Å²) in [5.74, 6) is 0. The maximum absolute atomic E-state index is 4.38. The highest BCUT2D eigenvalue weighted by atomic mass is 15.3. The van der Waals surface area contributed by atoms with Crippen molar-refractivity contribution in [2.24, 2.45) is 7.05 Å². The molecule has 0 amide bonds. The predicted molar refractivity (Wildman–Crippen MR) is 56.1 cm³/mol. The van der Waals surface area contributed by atoms with Crippen LogP contribution in [0.4, 0.5) is 0 Å². The highest BCUT2D eigenvalue weighted by Gasteiger charge is 2.15. The molecule has 3 rings (SSSR count). The SMILES string of the molecule is Cn1cc(-c2cnn3c2CNCC3)cn1. The zero-order chi connectivity index (χ0) is 10.3. The molecule has 1 aliphatic rings. The van der Waals surface area contributed by atoms with E-state index in [0.717, 1.165) is 25.2 Å². The van der Waals surface area contributed by atoms with E-state index >= 15 is 0 Å². The fourth-order valence-electron chi connectivity index (χ4n) is 1.98. The molecule has 0 bridgehead atoms. The summed E-state index contributed by atoms with van der Waals surface area (Å²) >= 11 is 0. The molecule has 0 atom stereocenters. The van der Waals surface area contributed by atoms with Crippen molar-refractivity contribution in [3.8, 4) is 11.1 Å². The largest absolute Gasteiger partial charge is 0.309 e. The van der Waals surface area contributed by atoms with Gasteiger partial charge in [0.1, 0.15) is 0 Å². The van der Waals surface area contributed by atoms with Crippen LogP contribution in [0.15, 0.2) is 18.6 Å². The summed E-state index contributed by atoms with van der Waals surface area (Å²) in [5.41, 5.74) is 3.59. The molecule has 0 fully saturated rings. The number of aryl methyl sites for hydroxylation is 1. The van der Waals surface area contributed by atoms with Gasteiger partial charge in [-0.15, -0.1) is 0 Å². The van der Waals surface area contributed by atoms with Crippen LogP contribution in [-0.4, -0.2) is 26.1 Å². The number of nitrogens with one attached hydrogen (secondary N) is 1. The monoisotopic (exact) mass is 203 g/mol. The molecule has 5 nitrogen and oxygen atoms in total. The van der Waals surface area contributed by atoms with Crippen LogP contribution >= 0.6 is 0 Å². The molecule has 3 heterocycles. The quantitative estimate of drug-likeness (QED) is 0.729. The molecule has 78 valence electrons. The second kappa shape index (κ2) is 3.20. The van der Waals surface area contributed by atoms with Gasteiger partial charge in [0.2, 0.25) is 0 Å². The van der Waals surface area contributed by atoms with Gasteiger partial charge in [0, 0.05) is 37.5 Å². The van der Waals surface area contributed by atoms with E-state index in [2.05, 4.69) is 20.2 Å². The summed E-state index contributed by atoms with van der Waals surface area (Å²) in [6, 6.07) is 0. The lowest BCUT2D eigenvalue weighted by Crippen LogP contribution is -2.28. The van der Waals surface area contributed by atoms with Gasteiger partial charge in [-0.3, -0.25) is 9.36 Å². The van der Waals surface area contributed by atoms with Crippen molar-refractivity contribution in [1.82, 2.24) is 24.9 Å². The van der Waals surface area contributed by atoms with Crippen molar-refractivity contribution < 1.29 is 0 Å². The van der Waals surface area contributed by atoms with E-state index in [4.69, 9.17) is 0 Å². The molecule has 5 heteroatoms. The normalized spacial score (nSPS) is 15.3. The zero-order valence-electron chi connectivity index (χ0n) is 8.64. The van der Waals surface area contributed by atoms with Crippen molar-refractivity contribution in [2.75, 3.05) is 6.54 Å². The number of aromatic nitrogens is 4. The lowest BCUT2D eigenvalue weighted by atomic mass is 10.1. The molecule has 2 aromatic heterocycles. The Morgan fingerprint density at radius 3 is 3.07 bits per heavy atom. The first-order valence-electron chi connectivity index (χ1n) is 5.09. The van der Waals surface area contributed by atoms with Gasteiger partial charge in [-0.1, -0.05) is 0 Å². The van der Waals surface area contributed by atoms with Crippen molar-refractivity contribution in [3.05, 3.63) is 24.3 Å². The third-order valence-electron chi connectivity index (χ3n) is 2.76. The minimum Gasteiger partial charge on any atom is -0.309 e. The third-order valence-corrected chi connectivity index (χ3v) is 2.76. The van der Waals surface area contributed by atoms with E-state index in [1.807, 2.05) is 30.3 Å². The van der Waals surface area contributed by atoms with Crippen LogP contribution in [0.25, 0.3) is 11.1 Å². The molecule has 0 radical (unpaired) electrons. The Morgan fingerprint density at radius 1 is 1.33 bits per heavy atom. The molecule has 15 heavy (non-hydrogen) atoms. The Labute approximate surface area is 87.7 Å². The first-order valence-corrected chi connectivity index (χ1v) is 5.09. The summed E-state index contributed by atoms with van der Waals surface area (Å²) in [5, 5.41) is 11.9. The molecule has 0 saturated carbocycles. The van der Waals surface area contributed by atoms with Crippen LogP contribution in [0.2, 0.25) is 0 Å². The summed E-state index contributed by atoms with van der Waals surface area (Å²) in [6.45, 7) is 2.85. The number of fused-ring (bicyclic) bond motifs is 1. The minimum atomic E-state index is 0.893. The Morgan fingerprint density at radius 2 is 2.27 bits per heavy atom. The van der Waals surface area contributed by atoms with E-state index in [-0.39, 0.29) is 0 Å². The number of nitrogens with zero attached hydrogens (tertiary/aromatic N) is 4. The van der Waals surface area contributed by atoms with E-state index < -0.39 is 0 Å². The van der Waals surface area contributed by atoms with Crippen LogP contribution in [0.5, 0.6) is 0 Å². The second-order valence-electron chi connectivity index (χ2n) is 3.81. The number of hydrogen-bond donors (Lipinski definition) is 1. The van der Waals surface area contributed by atoms with Gasteiger partial charge in [-0.05, 0) is 0 Å². The smallest absolute Gasteiger partial charge is 0.0602 e. The van der Waals surface area contributed by atoms with Gasteiger partial charge in [0.05, 0.1) is 24.6 Å². The van der Waals surface area contributed by atoms with E-state index in [0.29, 0.717) is 0 Å². The van der Waals surface area contributed by atoms with E-state index in [9.17, 15) is 0 Å². The lowest BCUT2D eigenvalue weighted by Gasteiger charge is -2.15. The average Bonchev–Trinajstić information content (AvgIpc) is 2.83. The maximum atomic E-state index is 4.38. The summed E-state index contributed by atoms with van der Waals surface area (Å²) < 4.78 is 3.88. The summed E-state index contributed by atoms with van der Waals surface area (Å²) in [4.78, 5) is 0. The Balaban J connectivity index is 2.08. The topological polar surface area (TPSA) is 47.7 Å². The van der Waals surface area contributed by atoms with Gasteiger partial charge >= 0.3 is 0 Å². The fraction of sp³-hybridized carbons (Fsp3) is 0.400. The average molecular weight is 203 g/mol. The molecule has 0 aliphatic carbocycles. The van der Waals surface area contributed by atoms with E-state index in [1.54, 1.807) is 0 Å². The molecule has 0 aromatic carbocycles. The molecule has 0 spiro atoms. The van der Waals surface area contributed by atoms with Gasteiger partial charge < -0.3 is 5.32 Å². The van der Waals surface area contributed by atoms with Gasteiger partial charge in [-0.2, -0.15) is 10.2 Å². The van der Waals surface area contributed by atoms with Crippen molar-refractivity contribution in [1.29, 1.82) is 0 Å². The van der Waals surface area contributed by atoms with Crippen LogP contribution in [0.1, 0.15) is 5.69 Å². The first kappa shape index (κ1) is 8.67. The van der Waals surface area contributed by atoms with Gasteiger partial charge in [0.15, 0.2) is 0 Å². The minimum absolute atomic E-state index is 0.893. The van der Waals surface area contributed by atoms with Crippen LogP contribution in [-0.2, 0) is 20.1 Å². The van der Waals surface area contributed by atoms with Crippen molar-refractivity contribution in [2.45, 2.75) is 13.1 Å². The highest BCUT2D eigenvalue weighted by Crippen LogP contribution is 2.23. The van der Waals surface area contributed by atoms with Crippen molar-refractivity contribution in [3.63, 3.8) is 0 Å². The molecule has 0 saturated heterocycles. The maximum Gasteiger partial charge on any atom is 0.0602 e. The predicted octanol–water partition coefficient (Wildman–Crippen LogP) is 0.387. The molecule has 1 aliphatic heterocycles. The first-order chi connectivity index (χ1) is 7.34. The molecule has 1 N–H and O–H groups in total. The van der Waals surface area contributed by atoms with Gasteiger partial charge in [-0.25, -0.2) is 0 Å². The standard InChI is InChI=1S/C10H13N5/c1-14-7-8(4-12-14)9-5-13-15-3-2-11-6-10(9)15/h4-5,7,11H,2-3,6H2,1H3. The molecule has 2 aromatic rings. The van der Waals surface area contributed by atoms with E-state index in [1.165, 1.54) is 11.3 Å².